The van der Waals surface area contributed by atoms with Crippen LogP contribution in [0.5, 0.6) is 5.75 Å². The summed E-state index contributed by atoms with van der Waals surface area (Å²) in [5.74, 6) is 0.589. The Morgan fingerprint density at radius 2 is 2.29 bits per heavy atom. The molecule has 0 saturated carbocycles. The Bertz CT molecular complexity index is 594. The van der Waals surface area contributed by atoms with Gasteiger partial charge in [-0.25, -0.2) is 13.1 Å². The minimum Gasteiger partial charge on any atom is -0.496 e. The van der Waals surface area contributed by atoms with Gasteiger partial charge >= 0.3 is 0 Å². The largest absolute Gasteiger partial charge is 0.496 e. The van der Waals surface area contributed by atoms with Crippen molar-refractivity contribution >= 4 is 26.0 Å². The van der Waals surface area contributed by atoms with Crippen molar-refractivity contribution in [2.24, 2.45) is 0 Å². The van der Waals surface area contributed by atoms with E-state index in [1.807, 2.05) is 7.05 Å². The zero-order chi connectivity index (χ0) is 15.5. The van der Waals surface area contributed by atoms with E-state index in [2.05, 4.69) is 25.6 Å². The highest BCUT2D eigenvalue weighted by Crippen LogP contribution is 2.27. The maximum Gasteiger partial charge on any atom is 0.240 e. The number of hydrogen-bond donors (Lipinski definition) is 1. The SMILES string of the molecule is COc1ccc(S(=O)(=O)NCC2CN(C)CCO2)cc1Br. The van der Waals surface area contributed by atoms with Gasteiger partial charge in [0.15, 0.2) is 0 Å². The predicted octanol–water partition coefficient (Wildman–Crippen LogP) is 1.07. The number of rotatable bonds is 5. The quantitative estimate of drug-likeness (QED) is 0.829. The summed E-state index contributed by atoms with van der Waals surface area (Å²) in [5, 5.41) is 0. The minimum absolute atomic E-state index is 0.125. The van der Waals surface area contributed by atoms with Crippen molar-refractivity contribution < 1.29 is 17.9 Å². The van der Waals surface area contributed by atoms with Crippen LogP contribution in [-0.4, -0.2) is 59.8 Å². The number of halogens is 1. The minimum atomic E-state index is -3.56. The molecule has 21 heavy (non-hydrogen) atoms. The molecule has 0 spiro atoms. The van der Waals surface area contributed by atoms with Gasteiger partial charge in [0, 0.05) is 19.6 Å². The topological polar surface area (TPSA) is 67.9 Å². The number of nitrogens with zero attached hydrogens (tertiary/aromatic N) is 1. The summed E-state index contributed by atoms with van der Waals surface area (Å²) in [5.41, 5.74) is 0. The van der Waals surface area contributed by atoms with Crippen molar-refractivity contribution in [3.05, 3.63) is 22.7 Å². The van der Waals surface area contributed by atoms with E-state index in [1.54, 1.807) is 6.07 Å². The van der Waals surface area contributed by atoms with Crippen LogP contribution in [0.2, 0.25) is 0 Å². The number of morpholine rings is 1. The van der Waals surface area contributed by atoms with Gasteiger partial charge in [-0.3, -0.25) is 0 Å². The van der Waals surface area contributed by atoms with Crippen LogP contribution in [0.1, 0.15) is 0 Å². The zero-order valence-corrected chi connectivity index (χ0v) is 14.4. The molecule has 0 amide bonds. The van der Waals surface area contributed by atoms with Gasteiger partial charge in [-0.05, 0) is 41.2 Å². The molecule has 1 N–H and O–H groups in total. The fraction of sp³-hybridized carbons (Fsp3) is 0.538. The maximum atomic E-state index is 12.3. The standard InChI is InChI=1S/C13H19BrN2O4S/c1-16-5-6-20-10(9-16)8-15-21(17,18)11-3-4-13(19-2)12(14)7-11/h3-4,7,10,15H,5-6,8-9H2,1-2H3. The third-order valence-corrected chi connectivity index (χ3v) is 5.32. The van der Waals surface area contributed by atoms with Crippen molar-refractivity contribution in [3.8, 4) is 5.75 Å². The van der Waals surface area contributed by atoms with Gasteiger partial charge in [0.2, 0.25) is 10.0 Å². The molecule has 1 fully saturated rings. The average molecular weight is 379 g/mol. The van der Waals surface area contributed by atoms with Gasteiger partial charge in [-0.15, -0.1) is 0 Å². The molecule has 1 saturated heterocycles. The van der Waals surface area contributed by atoms with Gasteiger partial charge in [0.1, 0.15) is 5.75 Å². The second-order valence-electron chi connectivity index (χ2n) is 4.90. The summed E-state index contributed by atoms with van der Waals surface area (Å²) < 4.78 is 38.4. The van der Waals surface area contributed by atoms with Crippen LogP contribution in [0.25, 0.3) is 0 Å². The molecule has 0 radical (unpaired) electrons. The molecule has 118 valence electrons. The van der Waals surface area contributed by atoms with Gasteiger partial charge in [0.05, 0.1) is 29.2 Å². The highest BCUT2D eigenvalue weighted by Gasteiger charge is 2.21. The Morgan fingerprint density at radius 1 is 1.52 bits per heavy atom. The molecule has 1 atom stereocenters. The first-order valence-electron chi connectivity index (χ1n) is 6.56. The normalized spacial score (nSPS) is 20.4. The molecular formula is C13H19BrN2O4S. The number of nitrogens with one attached hydrogen (secondary N) is 1. The molecular weight excluding hydrogens is 360 g/mol. The number of methoxy groups -OCH3 is 1. The van der Waals surface area contributed by atoms with Crippen molar-refractivity contribution in [1.29, 1.82) is 0 Å². The molecule has 1 aromatic carbocycles. The molecule has 2 rings (SSSR count). The molecule has 1 aliphatic heterocycles. The van der Waals surface area contributed by atoms with Crippen LogP contribution < -0.4 is 9.46 Å². The lowest BCUT2D eigenvalue weighted by Gasteiger charge is -2.30. The first kappa shape index (κ1) is 16.7. The Balaban J connectivity index is 2.02. The van der Waals surface area contributed by atoms with Crippen LogP contribution in [0, 0.1) is 0 Å². The molecule has 6 nitrogen and oxygen atoms in total. The van der Waals surface area contributed by atoms with E-state index in [-0.39, 0.29) is 17.5 Å². The smallest absolute Gasteiger partial charge is 0.240 e. The van der Waals surface area contributed by atoms with Crippen LogP contribution >= 0.6 is 15.9 Å². The summed E-state index contributed by atoms with van der Waals surface area (Å²) in [4.78, 5) is 2.31. The fourth-order valence-corrected chi connectivity index (χ4v) is 3.87. The lowest BCUT2D eigenvalue weighted by molar-refractivity contribution is -0.0156. The molecule has 1 heterocycles. The van der Waals surface area contributed by atoms with E-state index < -0.39 is 10.0 Å². The van der Waals surface area contributed by atoms with E-state index in [4.69, 9.17) is 9.47 Å². The van der Waals surface area contributed by atoms with E-state index in [1.165, 1.54) is 19.2 Å². The van der Waals surface area contributed by atoms with Gasteiger partial charge in [-0.1, -0.05) is 0 Å². The summed E-state index contributed by atoms with van der Waals surface area (Å²) in [6.07, 6.45) is -0.125. The monoisotopic (exact) mass is 378 g/mol. The number of benzene rings is 1. The fourth-order valence-electron chi connectivity index (χ4n) is 2.09. The second kappa shape index (κ2) is 7.06. The summed E-state index contributed by atoms with van der Waals surface area (Å²) in [7, 11) is -0.0368. The van der Waals surface area contributed by atoms with E-state index in [0.29, 0.717) is 16.8 Å². The molecule has 8 heteroatoms. The lowest BCUT2D eigenvalue weighted by atomic mass is 10.3. The Kier molecular flexibility index (Phi) is 5.61. The van der Waals surface area contributed by atoms with Crippen LogP contribution in [-0.2, 0) is 14.8 Å². The molecule has 0 bridgehead atoms. The van der Waals surface area contributed by atoms with Gasteiger partial charge in [-0.2, -0.15) is 0 Å². The van der Waals surface area contributed by atoms with Gasteiger partial charge < -0.3 is 14.4 Å². The number of sulfonamides is 1. The third kappa shape index (κ3) is 4.40. The van der Waals surface area contributed by atoms with E-state index in [0.717, 1.165) is 13.1 Å². The van der Waals surface area contributed by atoms with Gasteiger partial charge in [0.25, 0.3) is 0 Å². The molecule has 0 aliphatic carbocycles. The predicted molar refractivity (Wildman–Crippen MR) is 83.1 cm³/mol. The average Bonchev–Trinajstić information content (AvgIpc) is 2.45. The van der Waals surface area contributed by atoms with Crippen LogP contribution in [0.4, 0.5) is 0 Å². The van der Waals surface area contributed by atoms with Crippen molar-refractivity contribution in [3.63, 3.8) is 0 Å². The summed E-state index contributed by atoms with van der Waals surface area (Å²) in [6.45, 7) is 2.47. The second-order valence-corrected chi connectivity index (χ2v) is 7.52. The van der Waals surface area contributed by atoms with E-state index in [9.17, 15) is 8.42 Å². The summed E-state index contributed by atoms with van der Waals surface area (Å²) in [6, 6.07) is 4.65. The number of hydrogen-bond acceptors (Lipinski definition) is 5. The van der Waals surface area contributed by atoms with Crippen molar-refractivity contribution in [2.45, 2.75) is 11.0 Å². The highest BCUT2D eigenvalue weighted by atomic mass is 79.9. The van der Waals surface area contributed by atoms with E-state index >= 15 is 0 Å². The first-order valence-corrected chi connectivity index (χ1v) is 8.83. The molecule has 0 aromatic heterocycles. The van der Waals surface area contributed by atoms with Crippen molar-refractivity contribution in [1.82, 2.24) is 9.62 Å². The Hall–Kier alpha value is -0.670. The lowest BCUT2D eigenvalue weighted by Crippen LogP contribution is -2.45. The zero-order valence-electron chi connectivity index (χ0n) is 12.0. The molecule has 1 aliphatic rings. The Morgan fingerprint density at radius 3 is 2.90 bits per heavy atom. The van der Waals surface area contributed by atoms with Crippen LogP contribution in [0.3, 0.4) is 0 Å². The Labute approximate surface area is 133 Å². The number of ether oxygens (including phenoxy) is 2. The first-order chi connectivity index (χ1) is 9.92. The molecule has 1 aromatic rings. The van der Waals surface area contributed by atoms with Crippen molar-refractivity contribution in [2.75, 3.05) is 40.4 Å². The van der Waals surface area contributed by atoms with Crippen LogP contribution in [0.15, 0.2) is 27.6 Å². The maximum absolute atomic E-state index is 12.3. The summed E-state index contributed by atoms with van der Waals surface area (Å²) >= 11 is 3.29. The highest BCUT2D eigenvalue weighted by molar-refractivity contribution is 9.10. The molecule has 1 unspecified atom stereocenters. The number of likely N-dealkylation sites (N-methyl/N-ethyl adjacent to an activating group) is 1. The third-order valence-electron chi connectivity index (χ3n) is 3.28.